The molecule has 0 spiro atoms. The smallest absolute Gasteiger partial charge is 0.336 e. The molecular formula is C18H23N3O3S. The number of carbonyl (C=O) groups excluding carboxylic acids is 1. The molecule has 3 heterocycles. The van der Waals surface area contributed by atoms with Gasteiger partial charge in [0.2, 0.25) is 0 Å². The first-order valence-corrected chi connectivity index (χ1v) is 9.65. The molecule has 0 saturated carbocycles. The van der Waals surface area contributed by atoms with Crippen molar-refractivity contribution < 1.29 is 14.3 Å². The maximum Gasteiger partial charge on any atom is 0.336 e. The van der Waals surface area contributed by atoms with E-state index in [0.717, 1.165) is 29.3 Å². The molecule has 2 aromatic rings. The van der Waals surface area contributed by atoms with Crippen LogP contribution in [0.5, 0.6) is 0 Å². The number of rotatable bonds is 2. The van der Waals surface area contributed by atoms with E-state index in [1.807, 2.05) is 13.8 Å². The molecule has 1 fully saturated rings. The van der Waals surface area contributed by atoms with Crippen molar-refractivity contribution in [1.82, 2.24) is 9.97 Å². The van der Waals surface area contributed by atoms with Crippen molar-refractivity contribution in [3.63, 3.8) is 0 Å². The summed E-state index contributed by atoms with van der Waals surface area (Å²) in [5, 5.41) is 1.18. The number of morpholine rings is 1. The third-order valence-corrected chi connectivity index (χ3v) is 6.12. The zero-order chi connectivity index (χ0) is 17.6. The molecule has 6 nitrogen and oxygen atoms in total. The van der Waals surface area contributed by atoms with Gasteiger partial charge in [-0.15, -0.1) is 11.3 Å². The van der Waals surface area contributed by atoms with Crippen molar-refractivity contribution >= 4 is 33.3 Å². The topological polar surface area (TPSA) is 64.5 Å². The van der Waals surface area contributed by atoms with E-state index >= 15 is 0 Å². The van der Waals surface area contributed by atoms with Crippen molar-refractivity contribution in [2.45, 2.75) is 51.7 Å². The number of methoxy groups -OCH3 is 1. The highest BCUT2D eigenvalue weighted by Crippen LogP contribution is 2.40. The number of fused-ring (bicyclic) bond motifs is 3. The third-order valence-electron chi connectivity index (χ3n) is 4.93. The first kappa shape index (κ1) is 16.7. The van der Waals surface area contributed by atoms with E-state index in [4.69, 9.17) is 14.5 Å². The molecular weight excluding hydrogens is 338 g/mol. The number of aromatic nitrogens is 2. The number of esters is 1. The number of aryl methyl sites for hydroxylation is 3. The molecule has 1 aliphatic heterocycles. The summed E-state index contributed by atoms with van der Waals surface area (Å²) in [5.74, 6) is 1.40. The molecule has 0 bridgehead atoms. The summed E-state index contributed by atoms with van der Waals surface area (Å²) in [5.41, 5.74) is 1.41. The lowest BCUT2D eigenvalue weighted by Gasteiger charge is -2.36. The first-order valence-electron chi connectivity index (χ1n) is 8.84. The van der Waals surface area contributed by atoms with E-state index in [1.165, 1.54) is 35.8 Å². The van der Waals surface area contributed by atoms with Crippen LogP contribution >= 0.6 is 11.3 Å². The van der Waals surface area contributed by atoms with Crippen molar-refractivity contribution in [1.29, 1.82) is 0 Å². The monoisotopic (exact) mass is 361 g/mol. The molecule has 1 saturated heterocycles. The van der Waals surface area contributed by atoms with E-state index in [1.54, 1.807) is 11.3 Å². The van der Waals surface area contributed by atoms with Crippen LogP contribution in [0, 0.1) is 6.92 Å². The second-order valence-electron chi connectivity index (χ2n) is 6.85. The maximum atomic E-state index is 12.0. The van der Waals surface area contributed by atoms with Crippen LogP contribution in [0.3, 0.4) is 0 Å². The molecule has 1 aliphatic carbocycles. The van der Waals surface area contributed by atoms with E-state index in [2.05, 4.69) is 9.88 Å². The van der Waals surface area contributed by atoms with Gasteiger partial charge in [-0.05, 0) is 45.1 Å². The number of hydrogen-bond acceptors (Lipinski definition) is 7. The highest BCUT2D eigenvalue weighted by atomic mass is 32.1. The average molecular weight is 361 g/mol. The van der Waals surface area contributed by atoms with Gasteiger partial charge in [-0.25, -0.2) is 14.8 Å². The SMILES string of the molecule is COC(=O)C1CN(c2nc(C)nc3sc4c(c23)CCCC4)C[C@H](C)O1. The molecule has 0 radical (unpaired) electrons. The summed E-state index contributed by atoms with van der Waals surface area (Å²) >= 11 is 1.80. The molecule has 4 rings (SSSR count). The molecule has 134 valence electrons. The van der Waals surface area contributed by atoms with Gasteiger partial charge in [0.25, 0.3) is 0 Å². The van der Waals surface area contributed by atoms with Gasteiger partial charge >= 0.3 is 5.97 Å². The minimum atomic E-state index is -0.575. The molecule has 2 aliphatic rings. The average Bonchev–Trinajstić information content (AvgIpc) is 2.97. The third kappa shape index (κ3) is 3.00. The van der Waals surface area contributed by atoms with E-state index in [-0.39, 0.29) is 12.1 Å². The first-order chi connectivity index (χ1) is 12.1. The van der Waals surface area contributed by atoms with Gasteiger partial charge in [0.15, 0.2) is 6.10 Å². The summed E-state index contributed by atoms with van der Waals surface area (Å²) in [6, 6.07) is 0. The van der Waals surface area contributed by atoms with Crippen LogP contribution in [-0.2, 0) is 27.1 Å². The van der Waals surface area contributed by atoms with Crippen LogP contribution < -0.4 is 4.90 Å². The fourth-order valence-electron chi connectivity index (χ4n) is 3.86. The van der Waals surface area contributed by atoms with Crippen molar-refractivity contribution in [2.75, 3.05) is 25.1 Å². The van der Waals surface area contributed by atoms with E-state index in [0.29, 0.717) is 13.1 Å². The fraction of sp³-hybridized carbons (Fsp3) is 0.611. The van der Waals surface area contributed by atoms with Gasteiger partial charge in [-0.2, -0.15) is 0 Å². The standard InChI is InChI=1S/C18H23N3O3S/c1-10-8-21(9-13(24-10)18(22)23-3)16-15-12-6-4-5-7-14(12)25-17(15)20-11(2)19-16/h10,13H,4-9H2,1-3H3/t10-,13?/m0/s1. The van der Waals surface area contributed by atoms with Gasteiger partial charge in [0.05, 0.1) is 25.1 Å². The van der Waals surface area contributed by atoms with Gasteiger partial charge < -0.3 is 14.4 Å². The maximum absolute atomic E-state index is 12.0. The second-order valence-corrected chi connectivity index (χ2v) is 7.93. The lowest BCUT2D eigenvalue weighted by molar-refractivity contribution is -0.158. The number of ether oxygens (including phenoxy) is 2. The molecule has 25 heavy (non-hydrogen) atoms. The normalized spacial score (nSPS) is 23.6. The van der Waals surface area contributed by atoms with Crippen LogP contribution in [-0.4, -0.2) is 48.3 Å². The summed E-state index contributed by atoms with van der Waals surface area (Å²) in [7, 11) is 1.40. The zero-order valence-electron chi connectivity index (χ0n) is 14.9. The van der Waals surface area contributed by atoms with Crippen LogP contribution in [0.1, 0.15) is 36.0 Å². The number of hydrogen-bond donors (Lipinski definition) is 0. The van der Waals surface area contributed by atoms with Gasteiger partial charge in [0, 0.05) is 11.4 Å². The number of thiophene rings is 1. The highest BCUT2D eigenvalue weighted by Gasteiger charge is 2.33. The minimum absolute atomic E-state index is 0.0577. The Labute approximate surface area is 151 Å². The van der Waals surface area contributed by atoms with Crippen LogP contribution in [0.4, 0.5) is 5.82 Å². The van der Waals surface area contributed by atoms with E-state index < -0.39 is 6.10 Å². The van der Waals surface area contributed by atoms with Gasteiger partial charge in [-0.3, -0.25) is 0 Å². The number of carbonyl (C=O) groups is 1. The van der Waals surface area contributed by atoms with Crippen molar-refractivity contribution in [2.24, 2.45) is 0 Å². The minimum Gasteiger partial charge on any atom is -0.467 e. The van der Waals surface area contributed by atoms with Crippen LogP contribution in [0.15, 0.2) is 0 Å². The molecule has 0 aromatic carbocycles. The Hall–Kier alpha value is -1.73. The predicted octanol–water partition coefficient (Wildman–Crippen LogP) is 2.65. The molecule has 2 aromatic heterocycles. The van der Waals surface area contributed by atoms with Crippen molar-refractivity contribution in [3.8, 4) is 0 Å². The van der Waals surface area contributed by atoms with Gasteiger partial charge in [-0.1, -0.05) is 0 Å². The molecule has 0 N–H and O–H groups in total. The lowest BCUT2D eigenvalue weighted by atomic mass is 9.96. The summed E-state index contributed by atoms with van der Waals surface area (Å²) in [4.78, 5) is 26.2. The Balaban J connectivity index is 1.79. The second kappa shape index (κ2) is 6.53. The molecule has 2 atom stereocenters. The number of anilines is 1. The molecule has 1 unspecified atom stereocenters. The summed E-state index contributed by atoms with van der Waals surface area (Å²) in [6.07, 6.45) is 4.07. The fourth-order valence-corrected chi connectivity index (χ4v) is 5.16. The van der Waals surface area contributed by atoms with Gasteiger partial charge in [0.1, 0.15) is 16.5 Å². The van der Waals surface area contributed by atoms with E-state index in [9.17, 15) is 4.79 Å². The largest absolute Gasteiger partial charge is 0.467 e. The Bertz CT molecular complexity index is 819. The van der Waals surface area contributed by atoms with Crippen molar-refractivity contribution in [3.05, 3.63) is 16.3 Å². The summed E-state index contributed by atoms with van der Waals surface area (Å²) in [6.45, 7) is 5.09. The molecule has 0 amide bonds. The number of nitrogens with zero attached hydrogens (tertiary/aromatic N) is 3. The Morgan fingerprint density at radius 1 is 1.28 bits per heavy atom. The van der Waals surface area contributed by atoms with Crippen LogP contribution in [0.2, 0.25) is 0 Å². The zero-order valence-corrected chi connectivity index (χ0v) is 15.7. The Morgan fingerprint density at radius 3 is 2.88 bits per heavy atom. The Kier molecular flexibility index (Phi) is 4.37. The van der Waals surface area contributed by atoms with Crippen LogP contribution in [0.25, 0.3) is 10.2 Å². The Morgan fingerprint density at radius 2 is 2.08 bits per heavy atom. The predicted molar refractivity (Wildman–Crippen MR) is 97.4 cm³/mol. The summed E-state index contributed by atoms with van der Waals surface area (Å²) < 4.78 is 10.7. The highest BCUT2D eigenvalue weighted by molar-refractivity contribution is 7.19. The quantitative estimate of drug-likeness (QED) is 0.766. The lowest BCUT2D eigenvalue weighted by Crippen LogP contribution is -2.50. The molecule has 7 heteroatoms.